The molecule has 2 aromatic heterocycles. The molecule has 0 aliphatic rings. The smallest absolute Gasteiger partial charge is 0.231 e. The van der Waals surface area contributed by atoms with E-state index in [1.165, 1.54) is 0 Å². The summed E-state index contributed by atoms with van der Waals surface area (Å²) in [4.78, 5) is 17.3. The summed E-state index contributed by atoms with van der Waals surface area (Å²) in [6, 6.07) is 17.7. The van der Waals surface area contributed by atoms with Crippen molar-refractivity contribution in [2.75, 3.05) is 5.32 Å². The molecule has 6 nitrogen and oxygen atoms in total. The number of hydrogen-bond acceptors (Lipinski definition) is 4. The van der Waals surface area contributed by atoms with Crippen molar-refractivity contribution in [3.8, 4) is 17.1 Å². The van der Waals surface area contributed by atoms with Crippen LogP contribution in [0.2, 0.25) is 0 Å². The van der Waals surface area contributed by atoms with Crippen LogP contribution >= 0.6 is 0 Å². The highest BCUT2D eigenvalue weighted by Crippen LogP contribution is 2.23. The van der Waals surface area contributed by atoms with E-state index in [0.717, 1.165) is 28.1 Å². The highest BCUT2D eigenvalue weighted by molar-refractivity contribution is 5.91. The van der Waals surface area contributed by atoms with Crippen LogP contribution in [-0.2, 0) is 11.2 Å². The molecule has 1 N–H and O–H groups in total. The van der Waals surface area contributed by atoms with Crippen molar-refractivity contribution in [1.29, 1.82) is 0 Å². The Hall–Kier alpha value is -3.67. The standard InChI is InChI=1S/C24H24N4O2/c1-15-10-16(2)12-20(11-15)28-22(13-17(3)27-28)26-23(29)14-21-18(4)30-24(25-21)19-8-6-5-7-9-19/h5-13H,14H2,1-4H3,(H,26,29). The molecule has 0 radical (unpaired) electrons. The molecule has 4 aromatic rings. The maximum Gasteiger partial charge on any atom is 0.231 e. The third-order valence-corrected chi connectivity index (χ3v) is 4.79. The van der Waals surface area contributed by atoms with Crippen molar-refractivity contribution in [3.63, 3.8) is 0 Å². The van der Waals surface area contributed by atoms with Crippen molar-refractivity contribution < 1.29 is 9.21 Å². The molecule has 0 spiro atoms. The number of hydrogen-bond donors (Lipinski definition) is 1. The lowest BCUT2D eigenvalue weighted by molar-refractivity contribution is -0.115. The third kappa shape index (κ3) is 4.17. The summed E-state index contributed by atoms with van der Waals surface area (Å²) in [5.41, 5.74) is 5.54. The number of carbonyl (C=O) groups excluding carboxylic acids is 1. The first-order valence-electron chi connectivity index (χ1n) is 9.86. The summed E-state index contributed by atoms with van der Waals surface area (Å²) in [7, 11) is 0. The third-order valence-electron chi connectivity index (χ3n) is 4.79. The Morgan fingerprint density at radius 3 is 2.40 bits per heavy atom. The molecule has 0 aliphatic heterocycles. The van der Waals surface area contributed by atoms with Gasteiger partial charge in [0, 0.05) is 11.6 Å². The molecule has 0 atom stereocenters. The van der Waals surface area contributed by atoms with Gasteiger partial charge in [0.2, 0.25) is 11.8 Å². The average Bonchev–Trinajstić information content (AvgIpc) is 3.24. The first kappa shape index (κ1) is 19.6. The number of carbonyl (C=O) groups is 1. The van der Waals surface area contributed by atoms with E-state index in [1.54, 1.807) is 4.68 Å². The van der Waals surface area contributed by atoms with Gasteiger partial charge in [-0.25, -0.2) is 9.67 Å². The monoisotopic (exact) mass is 400 g/mol. The summed E-state index contributed by atoms with van der Waals surface area (Å²) in [6.45, 7) is 7.82. The normalized spacial score (nSPS) is 10.9. The molecule has 0 unspecified atom stereocenters. The minimum absolute atomic E-state index is 0.124. The van der Waals surface area contributed by atoms with Crippen molar-refractivity contribution in [2.24, 2.45) is 0 Å². The Morgan fingerprint density at radius 2 is 1.70 bits per heavy atom. The predicted octanol–water partition coefficient (Wildman–Crippen LogP) is 4.94. The number of anilines is 1. The molecular formula is C24H24N4O2. The fourth-order valence-electron chi connectivity index (χ4n) is 3.49. The Labute approximate surface area is 175 Å². The summed E-state index contributed by atoms with van der Waals surface area (Å²) in [6.07, 6.45) is 0.124. The van der Waals surface area contributed by atoms with Gasteiger partial charge in [0.1, 0.15) is 11.6 Å². The van der Waals surface area contributed by atoms with E-state index in [2.05, 4.69) is 21.5 Å². The van der Waals surface area contributed by atoms with Crippen molar-refractivity contribution in [1.82, 2.24) is 14.8 Å². The fraction of sp³-hybridized carbons (Fsp3) is 0.208. The number of aryl methyl sites for hydroxylation is 4. The topological polar surface area (TPSA) is 73.0 Å². The number of nitrogens with one attached hydrogen (secondary N) is 1. The van der Waals surface area contributed by atoms with Crippen molar-refractivity contribution in [2.45, 2.75) is 34.1 Å². The van der Waals surface area contributed by atoms with Crippen LogP contribution in [-0.4, -0.2) is 20.7 Å². The van der Waals surface area contributed by atoms with Crippen LogP contribution in [0.5, 0.6) is 0 Å². The number of benzene rings is 2. The lowest BCUT2D eigenvalue weighted by Gasteiger charge is -2.10. The average molecular weight is 400 g/mol. The summed E-state index contributed by atoms with van der Waals surface area (Å²) < 4.78 is 7.53. The highest BCUT2D eigenvalue weighted by atomic mass is 16.4. The summed E-state index contributed by atoms with van der Waals surface area (Å²) >= 11 is 0. The van der Waals surface area contributed by atoms with E-state index in [1.807, 2.05) is 76.2 Å². The first-order valence-corrected chi connectivity index (χ1v) is 9.86. The van der Waals surface area contributed by atoms with Gasteiger partial charge < -0.3 is 9.73 Å². The Morgan fingerprint density at radius 1 is 1.00 bits per heavy atom. The molecule has 30 heavy (non-hydrogen) atoms. The van der Waals surface area contributed by atoms with Crippen molar-refractivity contribution in [3.05, 3.63) is 82.9 Å². The maximum atomic E-state index is 12.8. The minimum atomic E-state index is -0.170. The molecule has 6 heteroatoms. The molecule has 1 amide bonds. The van der Waals surface area contributed by atoms with Crippen LogP contribution in [0.15, 0.2) is 59.0 Å². The lowest BCUT2D eigenvalue weighted by Crippen LogP contribution is -2.17. The molecule has 2 aromatic carbocycles. The Bertz CT molecular complexity index is 1190. The number of nitrogens with zero attached hydrogens (tertiary/aromatic N) is 3. The van der Waals surface area contributed by atoms with E-state index in [0.29, 0.717) is 23.2 Å². The quantitative estimate of drug-likeness (QED) is 0.515. The number of aromatic nitrogens is 3. The number of rotatable bonds is 5. The van der Waals surface area contributed by atoms with Gasteiger partial charge in [0.05, 0.1) is 23.5 Å². The maximum absolute atomic E-state index is 12.8. The number of oxazole rings is 1. The van der Waals surface area contributed by atoms with Crippen LogP contribution < -0.4 is 5.32 Å². The van der Waals surface area contributed by atoms with Crippen LogP contribution in [0, 0.1) is 27.7 Å². The van der Waals surface area contributed by atoms with Crippen LogP contribution in [0.4, 0.5) is 5.82 Å². The largest absolute Gasteiger partial charge is 0.441 e. The molecule has 0 saturated carbocycles. The van der Waals surface area contributed by atoms with E-state index in [4.69, 9.17) is 4.42 Å². The zero-order valence-electron chi connectivity index (χ0n) is 17.6. The Kier molecular flexibility index (Phi) is 5.23. The highest BCUT2D eigenvalue weighted by Gasteiger charge is 2.17. The summed E-state index contributed by atoms with van der Waals surface area (Å²) in [5.74, 6) is 1.62. The Balaban J connectivity index is 1.55. The lowest BCUT2D eigenvalue weighted by atomic mass is 10.1. The molecular weight excluding hydrogens is 376 g/mol. The zero-order valence-corrected chi connectivity index (χ0v) is 17.6. The van der Waals surface area contributed by atoms with E-state index in [-0.39, 0.29) is 12.3 Å². The second kappa shape index (κ2) is 7.99. The molecule has 0 saturated heterocycles. The minimum Gasteiger partial charge on any atom is -0.441 e. The van der Waals surface area contributed by atoms with Crippen LogP contribution in [0.3, 0.4) is 0 Å². The van der Waals surface area contributed by atoms with Crippen LogP contribution in [0.1, 0.15) is 28.3 Å². The first-order chi connectivity index (χ1) is 14.4. The van der Waals surface area contributed by atoms with Gasteiger partial charge >= 0.3 is 0 Å². The SMILES string of the molecule is Cc1cc(C)cc(-n2nc(C)cc2NC(=O)Cc2nc(-c3ccccc3)oc2C)c1. The second-order valence-corrected chi connectivity index (χ2v) is 7.54. The molecule has 0 bridgehead atoms. The van der Waals surface area contributed by atoms with E-state index < -0.39 is 0 Å². The van der Waals surface area contributed by atoms with Gasteiger partial charge in [-0.1, -0.05) is 24.3 Å². The van der Waals surface area contributed by atoms with Gasteiger partial charge in [-0.15, -0.1) is 0 Å². The van der Waals surface area contributed by atoms with E-state index in [9.17, 15) is 4.79 Å². The molecule has 152 valence electrons. The second-order valence-electron chi connectivity index (χ2n) is 7.54. The fourth-order valence-corrected chi connectivity index (χ4v) is 3.49. The van der Waals surface area contributed by atoms with Gasteiger partial charge in [-0.3, -0.25) is 4.79 Å². The predicted molar refractivity (Wildman–Crippen MR) is 117 cm³/mol. The van der Waals surface area contributed by atoms with Gasteiger partial charge in [-0.2, -0.15) is 5.10 Å². The van der Waals surface area contributed by atoms with Gasteiger partial charge in [-0.05, 0) is 63.1 Å². The number of amides is 1. The molecule has 0 aliphatic carbocycles. The van der Waals surface area contributed by atoms with E-state index >= 15 is 0 Å². The van der Waals surface area contributed by atoms with Gasteiger partial charge in [0.15, 0.2) is 0 Å². The molecule has 2 heterocycles. The van der Waals surface area contributed by atoms with Crippen molar-refractivity contribution >= 4 is 11.7 Å². The summed E-state index contributed by atoms with van der Waals surface area (Å²) in [5, 5.41) is 7.53. The molecule has 4 rings (SSSR count). The van der Waals surface area contributed by atoms with Crippen LogP contribution in [0.25, 0.3) is 17.1 Å². The molecule has 0 fully saturated rings. The zero-order chi connectivity index (χ0) is 21.3. The van der Waals surface area contributed by atoms with Gasteiger partial charge in [0.25, 0.3) is 0 Å².